The number of alkyl halides is 3. The minimum absolute atomic E-state index is 0.114. The van der Waals surface area contributed by atoms with Gasteiger partial charge in [0.25, 0.3) is 0 Å². The molecule has 0 aromatic heterocycles. The van der Waals surface area contributed by atoms with E-state index in [1.807, 2.05) is 0 Å². The molecule has 2 N–H and O–H groups in total. The Balaban J connectivity index is 2.72. The van der Waals surface area contributed by atoms with Crippen molar-refractivity contribution in [1.82, 2.24) is 4.90 Å². The number of rotatable bonds is 6. The monoisotopic (exact) mass is 277 g/mol. The van der Waals surface area contributed by atoms with Crippen molar-refractivity contribution in [2.75, 3.05) is 13.1 Å². The summed E-state index contributed by atoms with van der Waals surface area (Å²) in [5, 5.41) is 17.4. The molecule has 1 rings (SSSR count). The predicted octanol–water partition coefficient (Wildman–Crippen LogP) is 1.63. The van der Waals surface area contributed by atoms with Crippen LogP contribution in [-0.4, -0.2) is 40.3 Å². The summed E-state index contributed by atoms with van der Waals surface area (Å²) in [4.78, 5) is 11.3. The van der Waals surface area contributed by atoms with Crippen LogP contribution in [0.2, 0.25) is 0 Å². The molecule has 7 heteroatoms. The van der Waals surface area contributed by atoms with Gasteiger partial charge in [-0.05, 0) is 11.1 Å². The normalized spacial score (nSPS) is 11.8. The Kier molecular flexibility index (Phi) is 5.31. The summed E-state index contributed by atoms with van der Waals surface area (Å²) in [7, 11) is 0. The van der Waals surface area contributed by atoms with Crippen LogP contribution in [0.4, 0.5) is 13.2 Å². The Morgan fingerprint density at radius 1 is 1.16 bits per heavy atom. The van der Waals surface area contributed by atoms with E-state index in [1.165, 1.54) is 0 Å². The van der Waals surface area contributed by atoms with Crippen LogP contribution in [0.1, 0.15) is 11.1 Å². The molecule has 0 fully saturated rings. The quantitative estimate of drug-likeness (QED) is 0.829. The smallest absolute Gasteiger partial charge is 0.401 e. The minimum atomic E-state index is -4.44. The number of benzene rings is 1. The zero-order valence-electron chi connectivity index (χ0n) is 10.0. The summed E-state index contributed by atoms with van der Waals surface area (Å²) in [6.45, 7) is -2.22. The Labute approximate surface area is 108 Å². The van der Waals surface area contributed by atoms with Crippen molar-refractivity contribution < 1.29 is 28.2 Å². The van der Waals surface area contributed by atoms with E-state index in [2.05, 4.69) is 0 Å². The minimum Gasteiger partial charge on any atom is -0.480 e. The number of hydrogen-bond donors (Lipinski definition) is 2. The number of hydrogen-bond acceptors (Lipinski definition) is 3. The van der Waals surface area contributed by atoms with Gasteiger partial charge in [-0.3, -0.25) is 9.69 Å². The molecule has 0 spiro atoms. The van der Waals surface area contributed by atoms with E-state index in [-0.39, 0.29) is 13.2 Å². The fourth-order valence-corrected chi connectivity index (χ4v) is 1.62. The molecule has 1 aromatic rings. The van der Waals surface area contributed by atoms with Crippen molar-refractivity contribution >= 4 is 5.97 Å². The summed E-state index contributed by atoms with van der Waals surface area (Å²) < 4.78 is 36.9. The van der Waals surface area contributed by atoms with E-state index in [9.17, 15) is 18.0 Å². The van der Waals surface area contributed by atoms with E-state index in [1.54, 1.807) is 24.3 Å². The van der Waals surface area contributed by atoms with Crippen molar-refractivity contribution in [2.24, 2.45) is 0 Å². The average molecular weight is 277 g/mol. The van der Waals surface area contributed by atoms with Crippen LogP contribution in [0.15, 0.2) is 24.3 Å². The second kappa shape index (κ2) is 6.53. The molecule has 0 radical (unpaired) electrons. The first-order valence-electron chi connectivity index (χ1n) is 5.50. The summed E-state index contributed by atoms with van der Waals surface area (Å²) in [5.41, 5.74) is 1.20. The predicted molar refractivity (Wildman–Crippen MR) is 61.3 cm³/mol. The van der Waals surface area contributed by atoms with Gasteiger partial charge in [0, 0.05) is 6.54 Å². The summed E-state index contributed by atoms with van der Waals surface area (Å²) in [5.74, 6) is -1.31. The molecule has 0 aliphatic rings. The SMILES string of the molecule is O=C(O)CN(Cc1ccc(CO)cc1)CC(F)(F)F. The molecule has 0 atom stereocenters. The van der Waals surface area contributed by atoms with Gasteiger partial charge in [0.05, 0.1) is 19.7 Å². The van der Waals surface area contributed by atoms with Crippen LogP contribution in [0, 0.1) is 0 Å². The number of aliphatic hydroxyl groups excluding tert-OH is 1. The highest BCUT2D eigenvalue weighted by molar-refractivity contribution is 5.69. The van der Waals surface area contributed by atoms with E-state index in [0.29, 0.717) is 11.1 Å². The fraction of sp³-hybridized carbons (Fsp3) is 0.417. The number of carboxylic acid groups (broad SMARTS) is 1. The van der Waals surface area contributed by atoms with Crippen molar-refractivity contribution in [1.29, 1.82) is 0 Å². The van der Waals surface area contributed by atoms with Gasteiger partial charge in [0.2, 0.25) is 0 Å². The van der Waals surface area contributed by atoms with Gasteiger partial charge in [-0.25, -0.2) is 0 Å². The van der Waals surface area contributed by atoms with Gasteiger partial charge >= 0.3 is 12.1 Å². The molecule has 0 bridgehead atoms. The molecule has 4 nitrogen and oxygen atoms in total. The second-order valence-electron chi connectivity index (χ2n) is 4.13. The standard InChI is InChI=1S/C12H14F3NO3/c13-12(14,15)8-16(6-11(18)19)5-9-1-3-10(7-17)4-2-9/h1-4,17H,5-8H2,(H,18,19). The van der Waals surface area contributed by atoms with E-state index < -0.39 is 25.2 Å². The molecule has 19 heavy (non-hydrogen) atoms. The van der Waals surface area contributed by atoms with Gasteiger partial charge in [0.1, 0.15) is 0 Å². The third kappa shape index (κ3) is 6.21. The first-order chi connectivity index (χ1) is 8.80. The first kappa shape index (κ1) is 15.5. The summed E-state index contributed by atoms with van der Waals surface area (Å²) in [6, 6.07) is 6.30. The molecule has 0 aliphatic carbocycles. The van der Waals surface area contributed by atoms with Gasteiger partial charge in [-0.1, -0.05) is 24.3 Å². The first-order valence-corrected chi connectivity index (χ1v) is 5.50. The highest BCUT2D eigenvalue weighted by Crippen LogP contribution is 2.18. The third-order valence-corrected chi connectivity index (χ3v) is 2.37. The average Bonchev–Trinajstić information content (AvgIpc) is 2.26. The van der Waals surface area contributed by atoms with Crippen molar-refractivity contribution in [3.63, 3.8) is 0 Å². The van der Waals surface area contributed by atoms with E-state index >= 15 is 0 Å². The van der Waals surface area contributed by atoms with E-state index in [4.69, 9.17) is 10.2 Å². The number of nitrogens with zero attached hydrogens (tertiary/aromatic N) is 1. The largest absolute Gasteiger partial charge is 0.480 e. The molecular formula is C12H14F3NO3. The molecule has 0 aliphatic heterocycles. The van der Waals surface area contributed by atoms with Gasteiger partial charge in [-0.2, -0.15) is 13.2 Å². The van der Waals surface area contributed by atoms with Crippen molar-refractivity contribution in [2.45, 2.75) is 19.3 Å². The lowest BCUT2D eigenvalue weighted by atomic mass is 10.1. The lowest BCUT2D eigenvalue weighted by Gasteiger charge is -2.21. The summed E-state index contributed by atoms with van der Waals surface area (Å²) >= 11 is 0. The number of halogens is 3. The topological polar surface area (TPSA) is 60.8 Å². The van der Waals surface area contributed by atoms with E-state index in [0.717, 1.165) is 4.90 Å². The number of carbonyl (C=O) groups is 1. The molecular weight excluding hydrogens is 263 g/mol. The second-order valence-corrected chi connectivity index (χ2v) is 4.13. The highest BCUT2D eigenvalue weighted by Gasteiger charge is 2.31. The van der Waals surface area contributed by atoms with Crippen LogP contribution < -0.4 is 0 Å². The lowest BCUT2D eigenvalue weighted by Crippen LogP contribution is -2.37. The van der Waals surface area contributed by atoms with Crippen LogP contribution in [0.5, 0.6) is 0 Å². The Morgan fingerprint density at radius 3 is 2.11 bits per heavy atom. The van der Waals surface area contributed by atoms with Gasteiger partial charge in [0.15, 0.2) is 0 Å². The number of aliphatic hydroxyl groups is 1. The molecule has 0 saturated carbocycles. The van der Waals surface area contributed by atoms with Crippen LogP contribution in [-0.2, 0) is 17.9 Å². The maximum absolute atomic E-state index is 12.3. The number of carboxylic acids is 1. The van der Waals surface area contributed by atoms with Crippen molar-refractivity contribution in [3.05, 3.63) is 35.4 Å². The Morgan fingerprint density at radius 2 is 1.68 bits per heavy atom. The van der Waals surface area contributed by atoms with Gasteiger partial charge in [-0.15, -0.1) is 0 Å². The number of aliphatic carboxylic acids is 1. The zero-order chi connectivity index (χ0) is 14.5. The zero-order valence-corrected chi connectivity index (χ0v) is 10.0. The Hall–Kier alpha value is -1.60. The lowest BCUT2D eigenvalue weighted by molar-refractivity contribution is -0.154. The van der Waals surface area contributed by atoms with Crippen LogP contribution in [0.25, 0.3) is 0 Å². The molecule has 106 valence electrons. The molecule has 0 amide bonds. The van der Waals surface area contributed by atoms with Crippen molar-refractivity contribution in [3.8, 4) is 0 Å². The molecule has 0 unspecified atom stereocenters. The maximum Gasteiger partial charge on any atom is 0.401 e. The molecule has 0 saturated heterocycles. The maximum atomic E-state index is 12.3. The molecule has 0 heterocycles. The highest BCUT2D eigenvalue weighted by atomic mass is 19.4. The summed E-state index contributed by atoms with van der Waals surface area (Å²) in [6.07, 6.45) is -4.44. The third-order valence-electron chi connectivity index (χ3n) is 2.37. The Bertz CT molecular complexity index is 417. The molecule has 1 aromatic carbocycles. The van der Waals surface area contributed by atoms with Gasteiger partial charge < -0.3 is 10.2 Å². The van der Waals surface area contributed by atoms with Crippen LogP contribution in [0.3, 0.4) is 0 Å². The fourth-order valence-electron chi connectivity index (χ4n) is 1.62. The van der Waals surface area contributed by atoms with Crippen LogP contribution >= 0.6 is 0 Å².